The molecule has 2 aromatic carbocycles. The zero-order valence-corrected chi connectivity index (χ0v) is 20.5. The van der Waals surface area contributed by atoms with Crippen molar-refractivity contribution in [2.45, 2.75) is 44.6 Å². The lowest BCUT2D eigenvalue weighted by molar-refractivity contribution is -0.139. The molecule has 0 saturated carbocycles. The molecule has 1 aliphatic carbocycles. The zero-order valence-electron chi connectivity index (χ0n) is 19.7. The number of rotatable bonds is 7. The van der Waals surface area contributed by atoms with Gasteiger partial charge in [0.05, 0.1) is 12.1 Å². The van der Waals surface area contributed by atoms with Gasteiger partial charge < -0.3 is 20.5 Å². The molecule has 0 fully saturated rings. The predicted octanol–water partition coefficient (Wildman–Crippen LogP) is 4.76. The lowest BCUT2D eigenvalue weighted by Gasteiger charge is -2.18. The zero-order chi connectivity index (χ0) is 25.2. The molecule has 1 heterocycles. The topological polar surface area (TPSA) is 118 Å². The van der Waals surface area contributed by atoms with Gasteiger partial charge in [0.1, 0.15) is 12.6 Å². The van der Waals surface area contributed by atoms with Crippen LogP contribution >= 0.6 is 11.3 Å². The van der Waals surface area contributed by atoms with E-state index in [4.69, 9.17) is 4.74 Å². The number of amides is 2. The highest BCUT2D eigenvalue weighted by molar-refractivity contribution is 7.14. The number of fused-ring (bicyclic) bond motifs is 3. The van der Waals surface area contributed by atoms with E-state index in [0.717, 1.165) is 27.9 Å². The Hall–Kier alpha value is -3.72. The fraction of sp³-hybridized carbons (Fsp3) is 0.308. The van der Waals surface area contributed by atoms with Crippen molar-refractivity contribution in [1.29, 1.82) is 0 Å². The van der Waals surface area contributed by atoms with E-state index in [1.807, 2.05) is 74.7 Å². The van der Waals surface area contributed by atoms with Crippen LogP contribution in [0.5, 0.6) is 0 Å². The first-order chi connectivity index (χ1) is 16.6. The maximum Gasteiger partial charge on any atom is 0.407 e. The average Bonchev–Trinajstić information content (AvgIpc) is 3.40. The molecule has 1 atom stereocenters. The molecule has 35 heavy (non-hydrogen) atoms. The fourth-order valence-corrected chi connectivity index (χ4v) is 4.97. The molecular formula is C26H27N3O5S. The normalized spacial score (nSPS) is 13.5. The van der Waals surface area contributed by atoms with Crippen molar-refractivity contribution in [3.05, 3.63) is 70.7 Å². The summed E-state index contributed by atoms with van der Waals surface area (Å²) in [6, 6.07) is 14.6. The molecule has 0 bridgehead atoms. The van der Waals surface area contributed by atoms with E-state index in [9.17, 15) is 19.5 Å². The molecule has 0 radical (unpaired) electrons. The highest BCUT2D eigenvalue weighted by Crippen LogP contribution is 2.44. The second-order valence-electron chi connectivity index (χ2n) is 9.40. The summed E-state index contributed by atoms with van der Waals surface area (Å²) in [7, 11) is 0. The number of alkyl carbamates (subject to hydrolysis) is 1. The summed E-state index contributed by atoms with van der Waals surface area (Å²) in [5.41, 5.74) is 4.91. The van der Waals surface area contributed by atoms with Gasteiger partial charge in [0.25, 0.3) is 0 Å². The van der Waals surface area contributed by atoms with Crippen LogP contribution < -0.4 is 10.6 Å². The van der Waals surface area contributed by atoms with Crippen LogP contribution in [0.25, 0.3) is 11.1 Å². The Balaban J connectivity index is 1.41. The predicted molar refractivity (Wildman–Crippen MR) is 134 cm³/mol. The first-order valence-corrected chi connectivity index (χ1v) is 12.1. The number of carboxylic acids is 1. The van der Waals surface area contributed by atoms with Gasteiger partial charge in [-0.25, -0.2) is 9.78 Å². The van der Waals surface area contributed by atoms with Crippen molar-refractivity contribution in [2.24, 2.45) is 0 Å². The highest BCUT2D eigenvalue weighted by Gasteiger charge is 2.30. The van der Waals surface area contributed by atoms with E-state index in [1.165, 1.54) is 11.3 Å². The largest absolute Gasteiger partial charge is 0.481 e. The number of anilines is 1. The SMILES string of the molecule is CC(C)(C)c1csc(NC(=O)C(CC(=O)O)NC(=O)OCC2c3ccccc3-c3ccccc32)n1. The van der Waals surface area contributed by atoms with Gasteiger partial charge in [-0.15, -0.1) is 11.3 Å². The number of hydrogen-bond acceptors (Lipinski definition) is 6. The quantitative estimate of drug-likeness (QED) is 0.437. The maximum absolute atomic E-state index is 12.8. The van der Waals surface area contributed by atoms with E-state index >= 15 is 0 Å². The maximum atomic E-state index is 12.8. The van der Waals surface area contributed by atoms with Gasteiger partial charge in [0, 0.05) is 16.7 Å². The Labute approximate surface area is 207 Å². The van der Waals surface area contributed by atoms with Crippen LogP contribution in [-0.2, 0) is 19.7 Å². The molecule has 8 nitrogen and oxygen atoms in total. The van der Waals surface area contributed by atoms with Crippen molar-refractivity contribution in [3.63, 3.8) is 0 Å². The van der Waals surface area contributed by atoms with Crippen LogP contribution in [0.1, 0.15) is 49.9 Å². The number of hydrogen-bond donors (Lipinski definition) is 3. The van der Waals surface area contributed by atoms with Crippen LogP contribution in [0, 0.1) is 0 Å². The van der Waals surface area contributed by atoms with Gasteiger partial charge in [0.15, 0.2) is 5.13 Å². The summed E-state index contributed by atoms with van der Waals surface area (Å²) in [4.78, 5) is 41.1. The van der Waals surface area contributed by atoms with Gasteiger partial charge in [-0.1, -0.05) is 69.3 Å². The minimum atomic E-state index is -1.31. The second-order valence-corrected chi connectivity index (χ2v) is 10.3. The van der Waals surface area contributed by atoms with Crippen molar-refractivity contribution >= 4 is 34.4 Å². The summed E-state index contributed by atoms with van der Waals surface area (Å²) in [6.07, 6.45) is -1.45. The van der Waals surface area contributed by atoms with Crippen molar-refractivity contribution in [2.75, 3.05) is 11.9 Å². The number of ether oxygens (including phenoxy) is 1. The number of nitrogens with one attached hydrogen (secondary N) is 2. The molecule has 2 amide bonds. The highest BCUT2D eigenvalue weighted by atomic mass is 32.1. The fourth-order valence-electron chi connectivity index (χ4n) is 4.03. The average molecular weight is 494 g/mol. The Morgan fingerprint density at radius 1 is 1.06 bits per heavy atom. The molecule has 0 saturated heterocycles. The molecule has 9 heteroatoms. The molecule has 1 aliphatic rings. The van der Waals surface area contributed by atoms with Gasteiger partial charge in [-0.05, 0) is 22.3 Å². The minimum absolute atomic E-state index is 0.0582. The summed E-state index contributed by atoms with van der Waals surface area (Å²) < 4.78 is 5.46. The van der Waals surface area contributed by atoms with Crippen molar-refractivity contribution in [1.82, 2.24) is 10.3 Å². The first-order valence-electron chi connectivity index (χ1n) is 11.2. The van der Waals surface area contributed by atoms with E-state index in [-0.39, 0.29) is 17.9 Å². The minimum Gasteiger partial charge on any atom is -0.481 e. The molecule has 1 aromatic heterocycles. The smallest absolute Gasteiger partial charge is 0.407 e. The third kappa shape index (κ3) is 5.51. The molecule has 4 rings (SSSR count). The lowest BCUT2D eigenvalue weighted by Crippen LogP contribution is -2.45. The number of aromatic nitrogens is 1. The summed E-state index contributed by atoms with van der Waals surface area (Å²) in [5, 5.41) is 16.4. The molecular weight excluding hydrogens is 466 g/mol. The van der Waals surface area contributed by atoms with E-state index in [0.29, 0.717) is 5.13 Å². The van der Waals surface area contributed by atoms with Crippen LogP contribution in [0.3, 0.4) is 0 Å². The van der Waals surface area contributed by atoms with E-state index in [2.05, 4.69) is 15.6 Å². The second kappa shape index (κ2) is 9.87. The van der Waals surface area contributed by atoms with Crippen LogP contribution in [0.15, 0.2) is 53.9 Å². The number of thiazole rings is 1. The molecule has 182 valence electrons. The number of carbonyl (C=O) groups excluding carboxylic acids is 2. The standard InChI is InChI=1S/C26H27N3O5S/c1-26(2,3)21-14-35-24(28-21)29-23(32)20(12-22(30)31)27-25(33)34-13-19-17-10-6-4-8-15(17)16-9-5-7-11-18(16)19/h4-11,14,19-20H,12-13H2,1-3H3,(H,27,33)(H,30,31)(H,28,29,32). The van der Waals surface area contributed by atoms with Crippen molar-refractivity contribution in [3.8, 4) is 11.1 Å². The third-order valence-corrected chi connectivity index (χ3v) is 6.59. The number of carboxylic acid groups (broad SMARTS) is 1. The summed E-state index contributed by atoms with van der Waals surface area (Å²) in [6.45, 7) is 6.06. The monoisotopic (exact) mass is 493 g/mol. The van der Waals surface area contributed by atoms with Crippen LogP contribution in [0.2, 0.25) is 0 Å². The molecule has 3 aromatic rings. The Bertz CT molecular complexity index is 1220. The Morgan fingerprint density at radius 2 is 1.66 bits per heavy atom. The van der Waals surface area contributed by atoms with E-state index in [1.54, 1.807) is 0 Å². The molecule has 1 unspecified atom stereocenters. The number of aliphatic carboxylic acids is 1. The van der Waals surface area contributed by atoms with Crippen LogP contribution in [0.4, 0.5) is 9.93 Å². The number of nitrogens with zero attached hydrogens (tertiary/aromatic N) is 1. The lowest BCUT2D eigenvalue weighted by atomic mass is 9.93. The Morgan fingerprint density at radius 3 is 2.20 bits per heavy atom. The van der Waals surface area contributed by atoms with Gasteiger partial charge in [-0.3, -0.25) is 9.59 Å². The van der Waals surface area contributed by atoms with E-state index < -0.39 is 30.4 Å². The molecule has 0 spiro atoms. The van der Waals surface area contributed by atoms with Crippen LogP contribution in [-0.4, -0.2) is 40.7 Å². The van der Waals surface area contributed by atoms with Crippen molar-refractivity contribution < 1.29 is 24.2 Å². The third-order valence-electron chi connectivity index (χ3n) is 5.83. The first kappa shape index (κ1) is 24.4. The summed E-state index contributed by atoms with van der Waals surface area (Å²) >= 11 is 1.24. The van der Waals surface area contributed by atoms with Gasteiger partial charge in [0.2, 0.25) is 5.91 Å². The Kier molecular flexibility index (Phi) is 6.88. The van der Waals surface area contributed by atoms with Gasteiger partial charge >= 0.3 is 12.1 Å². The number of benzene rings is 2. The summed E-state index contributed by atoms with van der Waals surface area (Å²) in [5.74, 6) is -2.04. The van der Waals surface area contributed by atoms with Gasteiger partial charge in [-0.2, -0.15) is 0 Å². The molecule has 0 aliphatic heterocycles. The molecule has 3 N–H and O–H groups in total. The number of carbonyl (C=O) groups is 3.